The van der Waals surface area contributed by atoms with Gasteiger partial charge in [0.25, 0.3) is 0 Å². The van der Waals surface area contributed by atoms with Crippen LogP contribution in [0.15, 0.2) is 48.1 Å². The minimum absolute atomic E-state index is 0.0934. The molecular formula is C27H37F3N4O3. The highest BCUT2D eigenvalue weighted by atomic mass is 19.4. The van der Waals surface area contributed by atoms with Crippen LogP contribution in [0.1, 0.15) is 45.1 Å². The molecule has 3 rings (SSSR count). The second-order valence-corrected chi connectivity index (χ2v) is 9.58. The Morgan fingerprint density at radius 1 is 1.22 bits per heavy atom. The molecule has 2 atom stereocenters. The van der Waals surface area contributed by atoms with Crippen molar-refractivity contribution in [2.75, 3.05) is 38.1 Å². The number of urea groups is 1. The Balaban J connectivity index is 1.49. The molecule has 1 saturated heterocycles. The Morgan fingerprint density at radius 3 is 2.62 bits per heavy atom. The summed E-state index contributed by atoms with van der Waals surface area (Å²) in [5.74, 6) is 0.407. The number of allylic oxidation sites excluding steroid dienone is 4. The number of halogens is 3. The van der Waals surface area contributed by atoms with E-state index in [0.29, 0.717) is 32.3 Å². The lowest BCUT2D eigenvalue weighted by atomic mass is 9.83. The summed E-state index contributed by atoms with van der Waals surface area (Å²) in [5, 5.41) is 8.94. The molecule has 1 fully saturated rings. The number of ether oxygens (including phenoxy) is 1. The zero-order chi connectivity index (χ0) is 26.8. The molecular weight excluding hydrogens is 485 g/mol. The lowest BCUT2D eigenvalue weighted by Crippen LogP contribution is -2.45. The van der Waals surface area contributed by atoms with Gasteiger partial charge in [0.15, 0.2) is 0 Å². The van der Waals surface area contributed by atoms with Crippen molar-refractivity contribution in [3.63, 3.8) is 0 Å². The fraction of sp³-hybridized carbons (Fsp3) is 0.556. The first-order valence-electron chi connectivity index (χ1n) is 12.9. The topological polar surface area (TPSA) is 82.7 Å². The maximum absolute atomic E-state index is 13.0. The highest BCUT2D eigenvalue weighted by molar-refractivity contribution is 5.89. The summed E-state index contributed by atoms with van der Waals surface area (Å²) in [7, 11) is 0. The molecule has 7 nitrogen and oxygen atoms in total. The first-order valence-corrected chi connectivity index (χ1v) is 12.9. The molecule has 3 N–H and O–H groups in total. The van der Waals surface area contributed by atoms with E-state index in [0.717, 1.165) is 44.4 Å². The van der Waals surface area contributed by atoms with Gasteiger partial charge in [-0.1, -0.05) is 29.9 Å². The molecule has 0 aromatic heterocycles. The fourth-order valence-electron chi connectivity index (χ4n) is 4.69. The molecule has 2 unspecified atom stereocenters. The van der Waals surface area contributed by atoms with Crippen LogP contribution in [0.4, 0.5) is 28.4 Å². The number of hydrogen-bond acceptors (Lipinski definition) is 4. The van der Waals surface area contributed by atoms with Crippen LogP contribution in [0.5, 0.6) is 0 Å². The van der Waals surface area contributed by atoms with Gasteiger partial charge in [-0.25, -0.2) is 9.59 Å². The molecule has 0 bridgehead atoms. The Bertz CT molecular complexity index is 972. The van der Waals surface area contributed by atoms with Gasteiger partial charge in [-0.05, 0) is 76.1 Å². The molecule has 2 aliphatic rings. The second-order valence-electron chi connectivity index (χ2n) is 9.58. The van der Waals surface area contributed by atoms with Crippen LogP contribution in [0, 0.1) is 11.8 Å². The van der Waals surface area contributed by atoms with Crippen LogP contribution in [-0.2, 0) is 10.9 Å². The van der Waals surface area contributed by atoms with Crippen LogP contribution >= 0.6 is 0 Å². The van der Waals surface area contributed by atoms with Gasteiger partial charge >= 0.3 is 18.3 Å². The lowest BCUT2D eigenvalue weighted by Gasteiger charge is -2.32. The zero-order valence-corrected chi connectivity index (χ0v) is 21.4. The van der Waals surface area contributed by atoms with E-state index >= 15 is 0 Å². The van der Waals surface area contributed by atoms with Crippen molar-refractivity contribution < 1.29 is 27.5 Å². The highest BCUT2D eigenvalue weighted by Crippen LogP contribution is 2.31. The third-order valence-electron chi connectivity index (χ3n) is 6.87. The van der Waals surface area contributed by atoms with Crippen LogP contribution in [-0.4, -0.2) is 55.9 Å². The molecule has 10 heteroatoms. The third kappa shape index (κ3) is 9.10. The summed E-state index contributed by atoms with van der Waals surface area (Å²) >= 11 is 0. The molecule has 0 spiro atoms. The highest BCUT2D eigenvalue weighted by Gasteiger charge is 2.30. The maximum atomic E-state index is 13.0. The quantitative estimate of drug-likeness (QED) is 0.396. The predicted octanol–water partition coefficient (Wildman–Crippen LogP) is 5.57. The minimum Gasteiger partial charge on any atom is -0.450 e. The average Bonchev–Trinajstić information content (AvgIpc) is 2.87. The smallest absolute Gasteiger partial charge is 0.416 e. The normalized spacial score (nSPS) is 19.2. The summed E-state index contributed by atoms with van der Waals surface area (Å²) in [6, 6.07) is 4.37. The van der Waals surface area contributed by atoms with Crippen LogP contribution < -0.4 is 16.0 Å². The fourth-order valence-corrected chi connectivity index (χ4v) is 4.69. The molecule has 1 aliphatic carbocycles. The Kier molecular flexibility index (Phi) is 10.4. The maximum Gasteiger partial charge on any atom is 0.416 e. The van der Waals surface area contributed by atoms with Gasteiger partial charge in [0.05, 0.1) is 12.2 Å². The standard InChI is InChI=1S/C27H37F3N4O3/c1-3-37-26(36)34-15-12-23(13-16-34)31-14-11-21(20-9-7-19(2)8-10-20)18-32-25(35)33-24-6-4-5-22(17-24)27(28,29)30/h4-9,17,20-21,23,31H,3,10-16,18H2,1-2H3,(H2,32,33,35). The monoisotopic (exact) mass is 522 g/mol. The molecule has 1 aliphatic heterocycles. The van der Waals surface area contributed by atoms with Crippen molar-refractivity contribution in [3.05, 3.63) is 53.6 Å². The van der Waals surface area contributed by atoms with E-state index in [1.165, 1.54) is 17.7 Å². The SMILES string of the molecule is CCOC(=O)N1CCC(NCCC(CNC(=O)Nc2cccc(C(F)(F)F)c2)C2C=CC(C)=CC2)CC1. The number of carbonyl (C=O) groups is 2. The van der Waals surface area contributed by atoms with Crippen molar-refractivity contribution in [1.29, 1.82) is 0 Å². The molecule has 37 heavy (non-hydrogen) atoms. The van der Waals surface area contributed by atoms with Crippen LogP contribution in [0.3, 0.4) is 0 Å². The number of amides is 3. The van der Waals surface area contributed by atoms with Gasteiger partial charge in [0.2, 0.25) is 0 Å². The second kappa shape index (κ2) is 13.5. The number of alkyl halides is 3. The van der Waals surface area contributed by atoms with Gasteiger partial charge in [-0.3, -0.25) is 0 Å². The molecule has 1 aromatic rings. The molecule has 0 radical (unpaired) electrons. The Morgan fingerprint density at radius 2 is 1.97 bits per heavy atom. The van der Waals surface area contributed by atoms with E-state index in [1.807, 2.05) is 6.92 Å². The summed E-state index contributed by atoms with van der Waals surface area (Å²) in [6.07, 6.45) is 5.11. The van der Waals surface area contributed by atoms with Crippen LogP contribution in [0.2, 0.25) is 0 Å². The summed E-state index contributed by atoms with van der Waals surface area (Å²) in [5.41, 5.74) is 0.490. The molecule has 1 heterocycles. The first-order chi connectivity index (χ1) is 17.7. The third-order valence-corrected chi connectivity index (χ3v) is 6.87. The van der Waals surface area contributed by atoms with Crippen molar-refractivity contribution in [2.24, 2.45) is 11.8 Å². The van der Waals surface area contributed by atoms with Crippen molar-refractivity contribution in [3.8, 4) is 0 Å². The molecule has 204 valence electrons. The van der Waals surface area contributed by atoms with Crippen LogP contribution in [0.25, 0.3) is 0 Å². The van der Waals surface area contributed by atoms with E-state index in [2.05, 4.69) is 34.2 Å². The summed E-state index contributed by atoms with van der Waals surface area (Å²) < 4.78 is 44.0. The number of likely N-dealkylation sites (tertiary alicyclic amines) is 1. The van der Waals surface area contributed by atoms with Crippen molar-refractivity contribution in [2.45, 2.75) is 51.7 Å². The Hall–Kier alpha value is -3.01. The molecule has 0 saturated carbocycles. The van der Waals surface area contributed by atoms with Gasteiger partial charge in [0.1, 0.15) is 0 Å². The lowest BCUT2D eigenvalue weighted by molar-refractivity contribution is -0.137. The van der Waals surface area contributed by atoms with Gasteiger partial charge in [-0.15, -0.1) is 0 Å². The largest absolute Gasteiger partial charge is 0.450 e. The number of benzene rings is 1. The summed E-state index contributed by atoms with van der Waals surface area (Å²) in [4.78, 5) is 26.1. The first kappa shape index (κ1) is 28.6. The minimum atomic E-state index is -4.47. The number of piperidine rings is 1. The van der Waals surface area contributed by atoms with Crippen molar-refractivity contribution in [1.82, 2.24) is 15.5 Å². The van der Waals surface area contributed by atoms with E-state index in [-0.39, 0.29) is 23.6 Å². The number of nitrogens with zero attached hydrogens (tertiary/aromatic N) is 1. The van der Waals surface area contributed by atoms with Crippen molar-refractivity contribution >= 4 is 17.8 Å². The van der Waals surface area contributed by atoms with E-state index < -0.39 is 17.8 Å². The number of anilines is 1. The zero-order valence-electron chi connectivity index (χ0n) is 21.4. The number of hydrogen-bond donors (Lipinski definition) is 3. The van der Waals surface area contributed by atoms with Gasteiger partial charge in [0, 0.05) is 31.4 Å². The molecule has 1 aromatic carbocycles. The number of rotatable bonds is 9. The predicted molar refractivity (Wildman–Crippen MR) is 137 cm³/mol. The summed E-state index contributed by atoms with van der Waals surface area (Å²) in [6.45, 7) is 6.69. The average molecular weight is 523 g/mol. The number of carbonyl (C=O) groups excluding carboxylic acids is 2. The van der Waals surface area contributed by atoms with E-state index in [9.17, 15) is 22.8 Å². The van der Waals surface area contributed by atoms with Gasteiger partial charge < -0.3 is 25.6 Å². The number of nitrogens with one attached hydrogen (secondary N) is 3. The van der Waals surface area contributed by atoms with E-state index in [1.54, 1.807) is 11.8 Å². The van der Waals surface area contributed by atoms with E-state index in [4.69, 9.17) is 4.74 Å². The Labute approximate surface area is 216 Å². The van der Waals surface area contributed by atoms with Gasteiger partial charge in [-0.2, -0.15) is 13.2 Å². The molecule has 3 amide bonds.